The molecule has 1 heterocycles. The first-order chi connectivity index (χ1) is 10.1. The first kappa shape index (κ1) is 16.3. The minimum absolute atomic E-state index is 0.00617. The predicted molar refractivity (Wildman–Crippen MR) is 80.7 cm³/mol. The van der Waals surface area contributed by atoms with Crippen molar-refractivity contribution in [1.82, 2.24) is 10.6 Å². The van der Waals surface area contributed by atoms with Crippen LogP contribution in [0, 0.1) is 11.8 Å². The van der Waals surface area contributed by atoms with E-state index in [9.17, 15) is 9.59 Å². The van der Waals surface area contributed by atoms with Gasteiger partial charge in [0.25, 0.3) is 0 Å². The first-order valence-electron chi connectivity index (χ1n) is 8.17. The number of hydrogen-bond acceptors (Lipinski definition) is 4. The van der Waals surface area contributed by atoms with Gasteiger partial charge in [-0.15, -0.1) is 0 Å². The second kappa shape index (κ2) is 7.25. The largest absolute Gasteiger partial charge is 0.467 e. The Morgan fingerprint density at radius 2 is 1.90 bits per heavy atom. The van der Waals surface area contributed by atoms with Gasteiger partial charge in [0.2, 0.25) is 5.91 Å². The minimum Gasteiger partial charge on any atom is -0.467 e. The van der Waals surface area contributed by atoms with E-state index in [1.54, 1.807) is 0 Å². The molecule has 2 N–H and O–H groups in total. The van der Waals surface area contributed by atoms with Crippen molar-refractivity contribution < 1.29 is 14.3 Å². The molecule has 0 spiro atoms. The minimum atomic E-state index is -0.764. The van der Waals surface area contributed by atoms with Crippen molar-refractivity contribution in [3.63, 3.8) is 0 Å². The molecule has 0 radical (unpaired) electrons. The Balaban J connectivity index is 1.88. The molecular formula is C16H28N2O3. The van der Waals surface area contributed by atoms with Crippen LogP contribution in [-0.2, 0) is 14.3 Å². The van der Waals surface area contributed by atoms with Crippen LogP contribution < -0.4 is 10.6 Å². The monoisotopic (exact) mass is 296 g/mol. The zero-order chi connectivity index (χ0) is 15.3. The van der Waals surface area contributed by atoms with E-state index in [1.807, 2.05) is 0 Å². The van der Waals surface area contributed by atoms with Crippen molar-refractivity contribution in [3.05, 3.63) is 0 Å². The lowest BCUT2D eigenvalue weighted by molar-refractivity contribution is -0.151. The lowest BCUT2D eigenvalue weighted by Gasteiger charge is -2.30. The van der Waals surface area contributed by atoms with Crippen molar-refractivity contribution in [2.24, 2.45) is 11.8 Å². The van der Waals surface area contributed by atoms with E-state index >= 15 is 0 Å². The van der Waals surface area contributed by atoms with Gasteiger partial charge in [-0.3, -0.25) is 4.79 Å². The summed E-state index contributed by atoms with van der Waals surface area (Å²) in [6, 6.07) is 0. The van der Waals surface area contributed by atoms with Gasteiger partial charge in [0.05, 0.1) is 7.11 Å². The number of carbonyl (C=O) groups excluding carboxylic acids is 2. The Hall–Kier alpha value is -1.10. The highest BCUT2D eigenvalue weighted by atomic mass is 16.5. The summed E-state index contributed by atoms with van der Waals surface area (Å²) >= 11 is 0. The normalized spacial score (nSPS) is 23.5. The Bertz CT molecular complexity index is 372. The van der Waals surface area contributed by atoms with Gasteiger partial charge >= 0.3 is 5.97 Å². The smallest absolute Gasteiger partial charge is 0.331 e. The standard InChI is InChI=1S/C16H28N2O3/c1-12(13-5-9-17-10-6-13)11-14(19)18-16(15(20)21-2)7-3-4-8-16/h12-13,17H,3-11H2,1-2H3,(H,18,19). The molecule has 5 nitrogen and oxygen atoms in total. The number of carbonyl (C=O) groups is 2. The molecule has 1 amide bonds. The molecule has 1 saturated carbocycles. The lowest BCUT2D eigenvalue weighted by Crippen LogP contribution is -2.53. The van der Waals surface area contributed by atoms with Crippen molar-refractivity contribution in [3.8, 4) is 0 Å². The Kier molecular flexibility index (Phi) is 5.62. The highest BCUT2D eigenvalue weighted by molar-refractivity contribution is 5.88. The molecule has 1 aliphatic heterocycles. The molecule has 1 saturated heterocycles. The summed E-state index contributed by atoms with van der Waals surface area (Å²) in [7, 11) is 1.40. The van der Waals surface area contributed by atoms with Crippen molar-refractivity contribution in [1.29, 1.82) is 0 Å². The van der Waals surface area contributed by atoms with E-state index in [0.717, 1.165) is 38.8 Å². The van der Waals surface area contributed by atoms with E-state index in [2.05, 4.69) is 17.6 Å². The van der Waals surface area contributed by atoms with Gasteiger partial charge in [-0.2, -0.15) is 0 Å². The number of hydrogen-bond donors (Lipinski definition) is 2. The summed E-state index contributed by atoms with van der Waals surface area (Å²) < 4.78 is 4.90. The molecule has 2 aliphatic rings. The van der Waals surface area contributed by atoms with E-state index in [0.29, 0.717) is 31.1 Å². The average Bonchev–Trinajstić information content (AvgIpc) is 2.96. The zero-order valence-electron chi connectivity index (χ0n) is 13.2. The lowest BCUT2D eigenvalue weighted by atomic mass is 9.83. The maximum absolute atomic E-state index is 12.3. The maximum Gasteiger partial charge on any atom is 0.331 e. The van der Waals surface area contributed by atoms with Crippen LogP contribution in [0.3, 0.4) is 0 Å². The van der Waals surface area contributed by atoms with Crippen molar-refractivity contribution in [2.45, 2.75) is 57.4 Å². The van der Waals surface area contributed by atoms with Gasteiger partial charge in [-0.05, 0) is 50.6 Å². The fourth-order valence-corrected chi connectivity index (χ4v) is 3.74. The molecule has 0 aromatic rings. The molecule has 1 atom stereocenters. The van der Waals surface area contributed by atoms with E-state index in [1.165, 1.54) is 7.11 Å². The number of piperidine rings is 1. The Morgan fingerprint density at radius 1 is 1.29 bits per heavy atom. The number of amides is 1. The number of rotatable bonds is 5. The molecule has 0 bridgehead atoms. The molecule has 1 unspecified atom stereocenters. The molecule has 0 aromatic carbocycles. The molecule has 1 aliphatic carbocycles. The highest BCUT2D eigenvalue weighted by Gasteiger charge is 2.43. The fourth-order valence-electron chi connectivity index (χ4n) is 3.74. The number of ether oxygens (including phenoxy) is 1. The van der Waals surface area contributed by atoms with Crippen molar-refractivity contribution >= 4 is 11.9 Å². The van der Waals surface area contributed by atoms with Gasteiger partial charge in [0, 0.05) is 6.42 Å². The molecule has 21 heavy (non-hydrogen) atoms. The van der Waals surface area contributed by atoms with E-state index < -0.39 is 5.54 Å². The molecular weight excluding hydrogens is 268 g/mol. The van der Waals surface area contributed by atoms with Crippen LogP contribution in [-0.4, -0.2) is 37.6 Å². The SMILES string of the molecule is COC(=O)C1(NC(=O)CC(C)C2CCNCC2)CCCC1. The second-order valence-electron chi connectivity index (χ2n) is 6.60. The summed E-state index contributed by atoms with van der Waals surface area (Å²) in [5.41, 5.74) is -0.764. The number of methoxy groups -OCH3 is 1. The van der Waals surface area contributed by atoms with Crippen LogP contribution in [0.2, 0.25) is 0 Å². The van der Waals surface area contributed by atoms with Crippen LogP contribution >= 0.6 is 0 Å². The topological polar surface area (TPSA) is 67.4 Å². The summed E-state index contributed by atoms with van der Waals surface area (Å²) in [6.45, 7) is 4.24. The molecule has 2 fully saturated rings. The van der Waals surface area contributed by atoms with Crippen molar-refractivity contribution in [2.75, 3.05) is 20.2 Å². The average molecular weight is 296 g/mol. The number of esters is 1. The highest BCUT2D eigenvalue weighted by Crippen LogP contribution is 2.31. The summed E-state index contributed by atoms with van der Waals surface area (Å²) in [4.78, 5) is 24.4. The van der Waals surface area contributed by atoms with E-state index in [4.69, 9.17) is 4.74 Å². The third-order valence-electron chi connectivity index (χ3n) is 5.11. The first-order valence-corrected chi connectivity index (χ1v) is 8.17. The van der Waals surface area contributed by atoms with Gasteiger partial charge in [-0.1, -0.05) is 19.8 Å². The predicted octanol–water partition coefficient (Wildman–Crippen LogP) is 1.61. The van der Waals surface area contributed by atoms with Gasteiger partial charge in [0.1, 0.15) is 5.54 Å². The molecule has 120 valence electrons. The van der Waals surface area contributed by atoms with Gasteiger partial charge in [0.15, 0.2) is 0 Å². The zero-order valence-corrected chi connectivity index (χ0v) is 13.2. The molecule has 2 rings (SSSR count). The van der Waals surface area contributed by atoms with Crippen LogP contribution in [0.1, 0.15) is 51.9 Å². The van der Waals surface area contributed by atoms with Crippen LogP contribution in [0.5, 0.6) is 0 Å². The third kappa shape index (κ3) is 3.96. The fraction of sp³-hybridized carbons (Fsp3) is 0.875. The number of nitrogens with one attached hydrogen (secondary N) is 2. The summed E-state index contributed by atoms with van der Waals surface area (Å²) in [6.07, 6.45) is 6.12. The van der Waals surface area contributed by atoms with E-state index in [-0.39, 0.29) is 11.9 Å². The summed E-state index contributed by atoms with van der Waals surface area (Å²) in [5, 5.41) is 6.33. The molecule has 0 aromatic heterocycles. The Labute approximate surface area is 127 Å². The van der Waals surface area contributed by atoms with Gasteiger partial charge < -0.3 is 15.4 Å². The molecule has 5 heteroatoms. The third-order valence-corrected chi connectivity index (χ3v) is 5.11. The second-order valence-corrected chi connectivity index (χ2v) is 6.60. The van der Waals surface area contributed by atoms with Crippen LogP contribution in [0.25, 0.3) is 0 Å². The maximum atomic E-state index is 12.3. The van der Waals surface area contributed by atoms with Crippen LogP contribution in [0.4, 0.5) is 0 Å². The van der Waals surface area contributed by atoms with Crippen LogP contribution in [0.15, 0.2) is 0 Å². The quantitative estimate of drug-likeness (QED) is 0.757. The summed E-state index contributed by atoms with van der Waals surface area (Å²) in [5.74, 6) is 0.675. The Morgan fingerprint density at radius 3 is 2.48 bits per heavy atom. The van der Waals surface area contributed by atoms with Gasteiger partial charge in [-0.25, -0.2) is 4.79 Å².